The van der Waals surface area contributed by atoms with Crippen molar-refractivity contribution >= 4 is 33.2 Å². The molecule has 11 heteroatoms. The maximum Gasteiger partial charge on any atom is 0.416 e. The zero-order valence-electron chi connectivity index (χ0n) is 19.4. The number of benzene rings is 3. The number of rotatable bonds is 9. The Hall–Kier alpha value is -3.08. The maximum absolute atomic E-state index is 13.2. The van der Waals surface area contributed by atoms with E-state index < -0.39 is 33.7 Å². The molecule has 0 spiro atoms. The summed E-state index contributed by atoms with van der Waals surface area (Å²) >= 11 is 6.01. The van der Waals surface area contributed by atoms with E-state index in [1.807, 2.05) is 0 Å². The molecule has 3 aromatic carbocycles. The highest BCUT2D eigenvalue weighted by Gasteiger charge is 2.32. The van der Waals surface area contributed by atoms with Crippen LogP contribution in [0.25, 0.3) is 0 Å². The number of hydrogen-bond acceptors (Lipinski definition) is 4. The average Bonchev–Trinajstić information content (AvgIpc) is 2.81. The summed E-state index contributed by atoms with van der Waals surface area (Å²) in [5, 5.41) is 2.21. The van der Waals surface area contributed by atoms with Gasteiger partial charge in [0.15, 0.2) is 0 Å². The molecule has 1 amide bonds. The van der Waals surface area contributed by atoms with Gasteiger partial charge in [0.1, 0.15) is 11.8 Å². The molecule has 0 fully saturated rings. The molecule has 3 aromatic rings. The van der Waals surface area contributed by atoms with Crippen LogP contribution in [0.5, 0.6) is 5.75 Å². The number of carbonyl (C=O) groups is 1. The molecule has 192 valence electrons. The second-order valence-electron chi connectivity index (χ2n) is 7.91. The number of hydrogen-bond donors (Lipinski definition) is 2. The quantitative estimate of drug-likeness (QED) is 0.370. The second-order valence-corrected chi connectivity index (χ2v) is 10.0. The van der Waals surface area contributed by atoms with Crippen molar-refractivity contribution in [2.45, 2.75) is 37.4 Å². The first kappa shape index (κ1) is 27.5. The number of anilines is 1. The lowest BCUT2D eigenvalue weighted by Gasteiger charge is -2.20. The third-order valence-electron chi connectivity index (χ3n) is 5.20. The first-order chi connectivity index (χ1) is 16.9. The van der Waals surface area contributed by atoms with Crippen molar-refractivity contribution in [1.82, 2.24) is 4.72 Å². The smallest absolute Gasteiger partial charge is 0.416 e. The van der Waals surface area contributed by atoms with Gasteiger partial charge in [-0.3, -0.25) is 4.79 Å². The van der Waals surface area contributed by atoms with Gasteiger partial charge in [0, 0.05) is 0 Å². The van der Waals surface area contributed by atoms with Crippen molar-refractivity contribution in [1.29, 1.82) is 0 Å². The van der Waals surface area contributed by atoms with Gasteiger partial charge < -0.3 is 10.1 Å². The molecule has 0 saturated carbocycles. The van der Waals surface area contributed by atoms with Crippen LogP contribution in [-0.2, 0) is 27.4 Å². The van der Waals surface area contributed by atoms with Crippen molar-refractivity contribution in [3.63, 3.8) is 0 Å². The van der Waals surface area contributed by atoms with Crippen molar-refractivity contribution in [3.05, 3.63) is 88.4 Å². The van der Waals surface area contributed by atoms with Gasteiger partial charge in [-0.2, -0.15) is 17.9 Å². The minimum Gasteiger partial charge on any atom is -0.494 e. The minimum absolute atomic E-state index is 0.0570. The van der Waals surface area contributed by atoms with Crippen molar-refractivity contribution < 1.29 is 31.1 Å². The number of aryl methyl sites for hydroxylation is 1. The number of amides is 1. The molecule has 2 N–H and O–H groups in total. The predicted octanol–water partition coefficient (Wildman–Crippen LogP) is 5.59. The van der Waals surface area contributed by atoms with Crippen molar-refractivity contribution in [3.8, 4) is 5.75 Å². The summed E-state index contributed by atoms with van der Waals surface area (Å²) in [4.78, 5) is 13.1. The lowest BCUT2D eigenvalue weighted by Crippen LogP contribution is -2.45. The monoisotopic (exact) mass is 540 g/mol. The van der Waals surface area contributed by atoms with Crippen molar-refractivity contribution in [2.24, 2.45) is 0 Å². The highest BCUT2D eigenvalue weighted by atomic mass is 35.5. The van der Waals surface area contributed by atoms with Crippen LogP contribution in [0.2, 0.25) is 5.02 Å². The molecular formula is C25H24ClF3N2O4S. The molecule has 1 atom stereocenters. The van der Waals surface area contributed by atoms with E-state index >= 15 is 0 Å². The van der Waals surface area contributed by atoms with E-state index in [2.05, 4.69) is 10.0 Å². The number of halogens is 4. The Morgan fingerprint density at radius 2 is 1.75 bits per heavy atom. The number of nitrogens with one attached hydrogen (secondary N) is 2. The molecule has 0 bridgehead atoms. The van der Waals surface area contributed by atoms with E-state index in [0.717, 1.165) is 12.1 Å². The molecule has 1 unspecified atom stereocenters. The largest absolute Gasteiger partial charge is 0.494 e. The highest BCUT2D eigenvalue weighted by molar-refractivity contribution is 7.89. The lowest BCUT2D eigenvalue weighted by atomic mass is 10.1. The minimum atomic E-state index is -4.65. The number of sulfonamides is 1. The third kappa shape index (κ3) is 6.99. The molecule has 0 aliphatic carbocycles. The Balaban J connectivity index is 1.92. The first-order valence-corrected chi connectivity index (χ1v) is 12.7. The van der Waals surface area contributed by atoms with Crippen LogP contribution in [0.3, 0.4) is 0 Å². The van der Waals surface area contributed by atoms with E-state index in [1.165, 1.54) is 18.2 Å². The lowest BCUT2D eigenvalue weighted by molar-refractivity contribution is -0.137. The van der Waals surface area contributed by atoms with Gasteiger partial charge >= 0.3 is 6.18 Å². The van der Waals surface area contributed by atoms with Crippen LogP contribution < -0.4 is 14.8 Å². The van der Waals surface area contributed by atoms with E-state index in [4.69, 9.17) is 16.3 Å². The topological polar surface area (TPSA) is 84.5 Å². The van der Waals surface area contributed by atoms with Crippen LogP contribution in [0.15, 0.2) is 71.6 Å². The molecule has 0 aromatic heterocycles. The Bertz CT molecular complexity index is 1330. The van der Waals surface area contributed by atoms with Gasteiger partial charge in [-0.15, -0.1) is 0 Å². The highest BCUT2D eigenvalue weighted by Crippen LogP contribution is 2.34. The Morgan fingerprint density at radius 1 is 1.06 bits per heavy atom. The first-order valence-electron chi connectivity index (χ1n) is 10.9. The molecule has 0 radical (unpaired) electrons. The second kappa shape index (κ2) is 11.3. The van der Waals surface area contributed by atoms with Gasteiger partial charge in [0.05, 0.1) is 27.8 Å². The Labute approximate surface area is 212 Å². The van der Waals surface area contributed by atoms with Gasteiger partial charge in [-0.1, -0.05) is 41.9 Å². The van der Waals surface area contributed by atoms with Crippen LogP contribution in [0, 0.1) is 6.92 Å². The van der Waals surface area contributed by atoms with Gasteiger partial charge in [0.2, 0.25) is 15.9 Å². The normalized spacial score (nSPS) is 12.7. The summed E-state index contributed by atoms with van der Waals surface area (Å²) in [7, 11) is -4.19. The molecule has 36 heavy (non-hydrogen) atoms. The molecular weight excluding hydrogens is 517 g/mol. The summed E-state index contributed by atoms with van der Waals surface area (Å²) in [6, 6.07) is 14.0. The number of carbonyl (C=O) groups excluding carboxylic acids is 1. The number of alkyl halides is 3. The third-order valence-corrected chi connectivity index (χ3v) is 7.00. The van der Waals surface area contributed by atoms with E-state index in [0.29, 0.717) is 29.5 Å². The van der Waals surface area contributed by atoms with Crippen LogP contribution in [0.1, 0.15) is 23.6 Å². The van der Waals surface area contributed by atoms with Gasteiger partial charge in [-0.05, 0) is 67.8 Å². The van der Waals surface area contributed by atoms with Gasteiger partial charge in [-0.25, -0.2) is 8.42 Å². The predicted molar refractivity (Wildman–Crippen MR) is 132 cm³/mol. The Morgan fingerprint density at radius 3 is 2.36 bits per heavy atom. The molecule has 0 aliphatic rings. The van der Waals surface area contributed by atoms with E-state index in [9.17, 15) is 26.4 Å². The van der Waals surface area contributed by atoms with Crippen LogP contribution >= 0.6 is 11.6 Å². The SMILES string of the molecule is CCOc1ccc(S(=O)(=O)NC(Cc2ccccc2)C(=O)Nc2cc(C(F)(F)F)ccc2Cl)cc1C. The summed E-state index contributed by atoms with van der Waals surface area (Å²) in [6.07, 6.45) is -4.71. The summed E-state index contributed by atoms with van der Waals surface area (Å²) in [5.74, 6) is -0.347. The van der Waals surface area contributed by atoms with E-state index in [1.54, 1.807) is 44.2 Å². The zero-order valence-corrected chi connectivity index (χ0v) is 21.0. The fraction of sp³-hybridized carbons (Fsp3) is 0.240. The average molecular weight is 541 g/mol. The summed E-state index contributed by atoms with van der Waals surface area (Å²) in [6.45, 7) is 3.89. The molecule has 0 heterocycles. The van der Waals surface area contributed by atoms with Crippen LogP contribution in [0.4, 0.5) is 18.9 Å². The fourth-order valence-electron chi connectivity index (χ4n) is 3.42. The van der Waals surface area contributed by atoms with E-state index in [-0.39, 0.29) is 22.0 Å². The number of ether oxygens (including phenoxy) is 1. The molecule has 0 aliphatic heterocycles. The molecule has 0 saturated heterocycles. The standard InChI is InChI=1S/C25H24ClF3N2O4S/c1-3-35-23-12-10-19(13-16(23)2)36(33,34)31-22(14-17-7-5-4-6-8-17)24(32)30-21-15-18(25(27,28)29)9-11-20(21)26/h4-13,15,22,31H,3,14H2,1-2H3,(H,30,32). The van der Waals surface area contributed by atoms with Gasteiger partial charge in [0.25, 0.3) is 0 Å². The molecule has 3 rings (SSSR count). The summed E-state index contributed by atoms with van der Waals surface area (Å²) in [5.41, 5.74) is -0.0733. The van der Waals surface area contributed by atoms with Crippen LogP contribution in [-0.4, -0.2) is 27.0 Å². The summed E-state index contributed by atoms with van der Waals surface area (Å²) < 4.78 is 73.6. The zero-order chi connectivity index (χ0) is 26.5. The maximum atomic E-state index is 13.2. The van der Waals surface area contributed by atoms with Crippen molar-refractivity contribution in [2.75, 3.05) is 11.9 Å². The molecule has 6 nitrogen and oxygen atoms in total. The Kier molecular flexibility index (Phi) is 8.65. The fourth-order valence-corrected chi connectivity index (χ4v) is 4.86.